The molecule has 3 aliphatic rings. The largest absolute Gasteiger partial charge is 0.362 e. The predicted molar refractivity (Wildman–Crippen MR) is 98.3 cm³/mol. The number of halogens is 2. The Bertz CT molecular complexity index is 900. The highest BCUT2D eigenvalue weighted by atomic mass is 19.3. The van der Waals surface area contributed by atoms with Gasteiger partial charge in [-0.25, -0.2) is 8.78 Å². The van der Waals surface area contributed by atoms with E-state index < -0.39 is 11.8 Å². The number of allylic oxidation sites excluding steroid dienone is 2. The van der Waals surface area contributed by atoms with E-state index in [1.165, 1.54) is 12.1 Å². The summed E-state index contributed by atoms with van der Waals surface area (Å²) >= 11 is 0. The van der Waals surface area contributed by atoms with Crippen molar-refractivity contribution in [2.45, 2.75) is 58.0 Å². The van der Waals surface area contributed by atoms with E-state index in [0.29, 0.717) is 24.0 Å². The third kappa shape index (κ3) is 2.65. The summed E-state index contributed by atoms with van der Waals surface area (Å²) in [7, 11) is 0. The first-order valence-corrected chi connectivity index (χ1v) is 9.31. The quantitative estimate of drug-likeness (QED) is 0.794. The summed E-state index contributed by atoms with van der Waals surface area (Å²) in [5.41, 5.74) is 2.21. The number of nitrogens with zero attached hydrogens (tertiary/aromatic N) is 2. The molecule has 1 aromatic carbocycles. The lowest BCUT2D eigenvalue weighted by atomic mass is 9.59. The van der Waals surface area contributed by atoms with Gasteiger partial charge in [0.05, 0.1) is 11.6 Å². The molecular weight excluding hydrogens is 348 g/mol. The van der Waals surface area contributed by atoms with Gasteiger partial charge in [0.25, 0.3) is 6.43 Å². The first kappa shape index (κ1) is 18.0. The zero-order chi connectivity index (χ0) is 19.4. The highest BCUT2D eigenvalue weighted by Crippen LogP contribution is 2.53. The third-order valence-electron chi connectivity index (χ3n) is 5.94. The topological polar surface area (TPSA) is 53.8 Å². The van der Waals surface area contributed by atoms with E-state index in [2.05, 4.69) is 29.4 Å². The van der Waals surface area contributed by atoms with Crippen LogP contribution in [-0.4, -0.2) is 11.9 Å². The van der Waals surface area contributed by atoms with Crippen LogP contribution in [0, 0.1) is 5.41 Å². The van der Waals surface area contributed by atoms with Gasteiger partial charge in [-0.15, -0.1) is 0 Å². The zero-order valence-electron chi connectivity index (χ0n) is 15.7. The van der Waals surface area contributed by atoms with Gasteiger partial charge in [-0.3, -0.25) is 4.79 Å². The first-order valence-electron chi connectivity index (χ1n) is 9.31. The number of alkyl halides is 2. The van der Waals surface area contributed by atoms with Crippen molar-refractivity contribution in [2.75, 3.05) is 0 Å². The molecular formula is C21H23F2N3O. The zero-order valence-corrected chi connectivity index (χ0v) is 15.7. The van der Waals surface area contributed by atoms with E-state index in [0.717, 1.165) is 17.7 Å². The second-order valence-electron chi connectivity index (χ2n) is 8.34. The SMILES string of the molecule is CC[C@]1(c2cccc(C(F)F)c2)C2=CN=NC2NC2=C1C(=O)CC(C)(C)C2. The molecule has 1 aromatic rings. The predicted octanol–water partition coefficient (Wildman–Crippen LogP) is 5.19. The van der Waals surface area contributed by atoms with Crippen LogP contribution < -0.4 is 5.32 Å². The van der Waals surface area contributed by atoms with E-state index in [-0.39, 0.29) is 22.9 Å². The average Bonchev–Trinajstić information content (AvgIpc) is 3.07. The van der Waals surface area contributed by atoms with Crippen LogP contribution in [0.4, 0.5) is 8.78 Å². The molecule has 0 saturated carbocycles. The van der Waals surface area contributed by atoms with Crippen LogP contribution in [0.3, 0.4) is 0 Å². The number of rotatable bonds is 3. The molecule has 142 valence electrons. The molecule has 1 unspecified atom stereocenters. The van der Waals surface area contributed by atoms with Crippen molar-refractivity contribution in [3.63, 3.8) is 0 Å². The lowest BCUT2D eigenvalue weighted by molar-refractivity contribution is -0.119. The lowest BCUT2D eigenvalue weighted by Crippen LogP contribution is -2.51. The second-order valence-corrected chi connectivity index (χ2v) is 8.34. The van der Waals surface area contributed by atoms with Gasteiger partial charge < -0.3 is 5.32 Å². The molecule has 2 aliphatic heterocycles. The molecule has 1 aliphatic carbocycles. The fourth-order valence-electron chi connectivity index (χ4n) is 4.83. The summed E-state index contributed by atoms with van der Waals surface area (Å²) in [5, 5.41) is 11.7. The normalized spacial score (nSPS) is 28.7. The first-order chi connectivity index (χ1) is 12.8. The molecule has 0 aromatic heterocycles. The van der Waals surface area contributed by atoms with Crippen LogP contribution in [-0.2, 0) is 10.2 Å². The summed E-state index contributed by atoms with van der Waals surface area (Å²) in [6.07, 6.45) is 0.533. The summed E-state index contributed by atoms with van der Waals surface area (Å²) in [6, 6.07) is 6.45. The molecule has 0 saturated heterocycles. The fourth-order valence-corrected chi connectivity index (χ4v) is 4.83. The number of nitrogens with one attached hydrogen (secondary N) is 1. The minimum Gasteiger partial charge on any atom is -0.362 e. The summed E-state index contributed by atoms with van der Waals surface area (Å²) in [5.74, 6) is 0.0734. The number of azo groups is 1. The summed E-state index contributed by atoms with van der Waals surface area (Å²) in [6.45, 7) is 6.14. The maximum Gasteiger partial charge on any atom is 0.263 e. The maximum absolute atomic E-state index is 13.4. The number of Topliss-reactive ketones (excluding diaryl/α,β-unsaturated/α-hetero) is 1. The van der Waals surface area contributed by atoms with Gasteiger partial charge >= 0.3 is 0 Å². The molecule has 27 heavy (non-hydrogen) atoms. The molecule has 0 amide bonds. The van der Waals surface area contributed by atoms with Gasteiger partial charge in [-0.05, 0) is 29.9 Å². The molecule has 0 radical (unpaired) electrons. The monoisotopic (exact) mass is 371 g/mol. The standard InChI is InChI=1S/C21H23F2N3O/c1-4-21(13-7-5-6-12(8-13)18(22)23)14-11-24-26-19(14)25-15-9-20(2,3)10-16(27)17(15)21/h5-8,11,18-19,25H,4,9-10H2,1-3H3/t19?,21-/m0/s1. The Morgan fingerprint density at radius 3 is 2.78 bits per heavy atom. The molecule has 4 nitrogen and oxygen atoms in total. The molecule has 0 fully saturated rings. The molecule has 4 rings (SSSR count). The molecule has 0 bridgehead atoms. The number of benzene rings is 1. The smallest absolute Gasteiger partial charge is 0.263 e. The third-order valence-corrected chi connectivity index (χ3v) is 5.94. The molecule has 6 heteroatoms. The van der Waals surface area contributed by atoms with Crippen LogP contribution in [0.15, 0.2) is 57.5 Å². The highest BCUT2D eigenvalue weighted by Gasteiger charge is 2.53. The molecule has 2 atom stereocenters. The molecule has 2 heterocycles. The second kappa shape index (κ2) is 6.08. The summed E-state index contributed by atoms with van der Waals surface area (Å²) in [4.78, 5) is 13.3. The van der Waals surface area contributed by atoms with E-state index in [9.17, 15) is 13.6 Å². The Kier molecular flexibility index (Phi) is 4.05. The van der Waals surface area contributed by atoms with E-state index in [1.54, 1.807) is 12.3 Å². The van der Waals surface area contributed by atoms with E-state index in [4.69, 9.17) is 0 Å². The van der Waals surface area contributed by atoms with Gasteiger partial charge in [0.2, 0.25) is 0 Å². The number of fused-ring (bicyclic) bond motifs is 1. The Morgan fingerprint density at radius 2 is 2.07 bits per heavy atom. The van der Waals surface area contributed by atoms with Gasteiger partial charge in [0, 0.05) is 28.8 Å². The number of carbonyl (C=O) groups excluding carboxylic acids is 1. The van der Waals surface area contributed by atoms with Crippen LogP contribution in [0.25, 0.3) is 0 Å². The van der Waals surface area contributed by atoms with Crippen LogP contribution in [0.1, 0.15) is 57.6 Å². The van der Waals surface area contributed by atoms with Gasteiger partial charge in [-0.1, -0.05) is 39.0 Å². The Hall–Kier alpha value is -2.37. The highest BCUT2D eigenvalue weighted by molar-refractivity contribution is 6.01. The van der Waals surface area contributed by atoms with Gasteiger partial charge in [0.15, 0.2) is 11.9 Å². The average molecular weight is 371 g/mol. The van der Waals surface area contributed by atoms with Gasteiger partial charge in [0.1, 0.15) is 0 Å². The number of hydrogen-bond donors (Lipinski definition) is 1. The van der Waals surface area contributed by atoms with Crippen LogP contribution in [0.2, 0.25) is 0 Å². The lowest BCUT2D eigenvalue weighted by Gasteiger charge is -2.47. The van der Waals surface area contributed by atoms with Gasteiger partial charge in [-0.2, -0.15) is 10.2 Å². The Labute approximate surface area is 157 Å². The molecule has 0 spiro atoms. The van der Waals surface area contributed by atoms with Crippen molar-refractivity contribution in [2.24, 2.45) is 15.6 Å². The number of ketones is 1. The van der Waals surface area contributed by atoms with Crippen molar-refractivity contribution >= 4 is 5.78 Å². The van der Waals surface area contributed by atoms with Crippen LogP contribution in [0.5, 0.6) is 0 Å². The Balaban J connectivity index is 1.98. The van der Waals surface area contributed by atoms with E-state index in [1.807, 2.05) is 13.0 Å². The van der Waals surface area contributed by atoms with Crippen molar-refractivity contribution in [3.8, 4) is 0 Å². The molecule has 1 N–H and O–H groups in total. The van der Waals surface area contributed by atoms with Crippen molar-refractivity contribution in [1.29, 1.82) is 0 Å². The van der Waals surface area contributed by atoms with Crippen molar-refractivity contribution < 1.29 is 13.6 Å². The number of hydrogen-bond acceptors (Lipinski definition) is 4. The van der Waals surface area contributed by atoms with Crippen molar-refractivity contribution in [3.05, 3.63) is 58.4 Å². The minimum absolute atomic E-state index is 0.0337. The maximum atomic E-state index is 13.4. The van der Waals surface area contributed by atoms with Crippen LogP contribution >= 0.6 is 0 Å². The Morgan fingerprint density at radius 1 is 1.30 bits per heavy atom. The summed E-state index contributed by atoms with van der Waals surface area (Å²) < 4.78 is 26.8. The van der Waals surface area contributed by atoms with E-state index >= 15 is 0 Å². The van der Waals surface area contributed by atoms with Crippen molar-refractivity contribution in [1.82, 2.24) is 5.32 Å². The number of carbonyl (C=O) groups is 1. The minimum atomic E-state index is -2.56. The fraction of sp³-hybridized carbons (Fsp3) is 0.476.